The SMILES string of the molecule is CCc1cc(CN(C)C)cnc1C(C)OC. The molecule has 90 valence electrons. The number of pyridine rings is 1. The van der Waals surface area contributed by atoms with Gasteiger partial charge in [-0.05, 0) is 38.6 Å². The van der Waals surface area contributed by atoms with Crippen LogP contribution < -0.4 is 0 Å². The summed E-state index contributed by atoms with van der Waals surface area (Å²) in [5.41, 5.74) is 3.61. The fraction of sp³-hybridized carbons (Fsp3) is 0.615. The zero-order valence-corrected chi connectivity index (χ0v) is 10.9. The first kappa shape index (κ1) is 13.1. The summed E-state index contributed by atoms with van der Waals surface area (Å²) in [6.07, 6.45) is 3.02. The second-order valence-corrected chi connectivity index (χ2v) is 4.36. The maximum atomic E-state index is 5.33. The van der Waals surface area contributed by atoms with Crippen molar-refractivity contribution in [3.8, 4) is 0 Å². The van der Waals surface area contributed by atoms with Crippen molar-refractivity contribution in [2.24, 2.45) is 0 Å². The Morgan fingerprint density at radius 3 is 2.62 bits per heavy atom. The Labute approximate surface area is 98.4 Å². The summed E-state index contributed by atoms with van der Waals surface area (Å²) in [6.45, 7) is 5.12. The predicted octanol–water partition coefficient (Wildman–Crippen LogP) is 2.41. The molecule has 0 radical (unpaired) electrons. The lowest BCUT2D eigenvalue weighted by atomic mass is 10.1. The molecule has 0 aliphatic rings. The molecule has 1 heterocycles. The number of ether oxygens (including phenoxy) is 1. The number of rotatable bonds is 5. The van der Waals surface area contributed by atoms with E-state index in [9.17, 15) is 0 Å². The average Bonchev–Trinajstić information content (AvgIpc) is 2.27. The molecule has 3 nitrogen and oxygen atoms in total. The van der Waals surface area contributed by atoms with E-state index in [4.69, 9.17) is 4.74 Å². The smallest absolute Gasteiger partial charge is 0.0965 e. The molecule has 1 aromatic heterocycles. The van der Waals surface area contributed by atoms with E-state index in [1.807, 2.05) is 13.1 Å². The molecule has 0 aromatic carbocycles. The van der Waals surface area contributed by atoms with Gasteiger partial charge in [-0.1, -0.05) is 13.0 Å². The van der Waals surface area contributed by atoms with E-state index >= 15 is 0 Å². The molecule has 0 saturated heterocycles. The minimum Gasteiger partial charge on any atom is -0.375 e. The molecule has 1 unspecified atom stereocenters. The summed E-state index contributed by atoms with van der Waals surface area (Å²) < 4.78 is 5.33. The maximum absolute atomic E-state index is 5.33. The Hall–Kier alpha value is -0.930. The first-order valence-electron chi connectivity index (χ1n) is 5.73. The van der Waals surface area contributed by atoms with E-state index in [0.29, 0.717) is 0 Å². The van der Waals surface area contributed by atoms with Crippen LogP contribution in [0.15, 0.2) is 12.3 Å². The van der Waals surface area contributed by atoms with Crippen LogP contribution >= 0.6 is 0 Å². The Morgan fingerprint density at radius 2 is 2.12 bits per heavy atom. The molecule has 0 saturated carbocycles. The van der Waals surface area contributed by atoms with Gasteiger partial charge < -0.3 is 9.64 Å². The summed E-state index contributed by atoms with van der Waals surface area (Å²) in [4.78, 5) is 6.67. The fourth-order valence-electron chi connectivity index (χ4n) is 1.78. The van der Waals surface area contributed by atoms with Crippen LogP contribution in [0.4, 0.5) is 0 Å². The largest absolute Gasteiger partial charge is 0.375 e. The summed E-state index contributed by atoms with van der Waals surface area (Å²) >= 11 is 0. The Bertz CT molecular complexity index is 337. The number of nitrogens with zero attached hydrogens (tertiary/aromatic N) is 2. The van der Waals surface area contributed by atoms with Crippen LogP contribution in [-0.4, -0.2) is 31.1 Å². The molecule has 1 aromatic rings. The van der Waals surface area contributed by atoms with Gasteiger partial charge in [0, 0.05) is 19.9 Å². The number of hydrogen-bond acceptors (Lipinski definition) is 3. The number of aromatic nitrogens is 1. The molecule has 0 aliphatic heterocycles. The van der Waals surface area contributed by atoms with Crippen LogP contribution in [0.2, 0.25) is 0 Å². The summed E-state index contributed by atoms with van der Waals surface area (Å²) in [7, 11) is 5.86. The first-order chi connectivity index (χ1) is 7.58. The molecular formula is C13H22N2O. The molecule has 0 aliphatic carbocycles. The van der Waals surface area contributed by atoms with Crippen molar-refractivity contribution in [1.29, 1.82) is 0 Å². The minimum atomic E-state index is 0.0726. The molecule has 0 bridgehead atoms. The van der Waals surface area contributed by atoms with Gasteiger partial charge >= 0.3 is 0 Å². The van der Waals surface area contributed by atoms with Gasteiger partial charge in [-0.25, -0.2) is 0 Å². The van der Waals surface area contributed by atoms with Crippen molar-refractivity contribution in [1.82, 2.24) is 9.88 Å². The van der Waals surface area contributed by atoms with E-state index < -0.39 is 0 Å². The summed E-state index contributed by atoms with van der Waals surface area (Å²) in [6, 6.07) is 2.23. The van der Waals surface area contributed by atoms with Crippen LogP contribution in [0.1, 0.15) is 36.8 Å². The Morgan fingerprint density at radius 1 is 1.44 bits per heavy atom. The van der Waals surface area contributed by atoms with Crippen molar-refractivity contribution in [3.05, 3.63) is 29.1 Å². The highest BCUT2D eigenvalue weighted by atomic mass is 16.5. The van der Waals surface area contributed by atoms with E-state index in [2.05, 4.69) is 37.0 Å². The van der Waals surface area contributed by atoms with Gasteiger partial charge in [-0.15, -0.1) is 0 Å². The van der Waals surface area contributed by atoms with Gasteiger partial charge in [0.1, 0.15) is 0 Å². The van der Waals surface area contributed by atoms with E-state index in [1.54, 1.807) is 7.11 Å². The molecule has 16 heavy (non-hydrogen) atoms. The first-order valence-corrected chi connectivity index (χ1v) is 5.73. The molecule has 0 spiro atoms. The van der Waals surface area contributed by atoms with Crippen molar-refractivity contribution >= 4 is 0 Å². The third-order valence-electron chi connectivity index (χ3n) is 2.68. The summed E-state index contributed by atoms with van der Waals surface area (Å²) in [5.74, 6) is 0. The van der Waals surface area contributed by atoms with Gasteiger partial charge in [0.25, 0.3) is 0 Å². The predicted molar refractivity (Wildman–Crippen MR) is 66.4 cm³/mol. The molecule has 1 atom stereocenters. The highest BCUT2D eigenvalue weighted by molar-refractivity contribution is 5.26. The van der Waals surface area contributed by atoms with Crippen LogP contribution in [0.25, 0.3) is 0 Å². The highest BCUT2D eigenvalue weighted by Gasteiger charge is 2.11. The second-order valence-electron chi connectivity index (χ2n) is 4.36. The molecule has 1 rings (SSSR count). The minimum absolute atomic E-state index is 0.0726. The standard InChI is InChI=1S/C13H22N2O/c1-6-12-7-11(9-15(3)4)8-14-13(12)10(2)16-5/h7-8,10H,6,9H2,1-5H3. The van der Waals surface area contributed by atoms with Gasteiger partial charge in [-0.2, -0.15) is 0 Å². The fourth-order valence-corrected chi connectivity index (χ4v) is 1.78. The molecular weight excluding hydrogens is 200 g/mol. The third kappa shape index (κ3) is 3.29. The maximum Gasteiger partial charge on any atom is 0.0965 e. The zero-order valence-electron chi connectivity index (χ0n) is 10.9. The summed E-state index contributed by atoms with van der Waals surface area (Å²) in [5, 5.41) is 0. The zero-order chi connectivity index (χ0) is 12.1. The van der Waals surface area contributed by atoms with E-state index in [1.165, 1.54) is 11.1 Å². The quantitative estimate of drug-likeness (QED) is 0.765. The highest BCUT2D eigenvalue weighted by Crippen LogP contribution is 2.20. The second kappa shape index (κ2) is 5.97. The monoisotopic (exact) mass is 222 g/mol. The lowest BCUT2D eigenvalue weighted by Gasteiger charge is -2.16. The number of aryl methyl sites for hydroxylation is 1. The molecule has 0 amide bonds. The van der Waals surface area contributed by atoms with Crippen molar-refractivity contribution in [2.75, 3.05) is 21.2 Å². The van der Waals surface area contributed by atoms with E-state index in [0.717, 1.165) is 18.7 Å². The van der Waals surface area contributed by atoms with Crippen molar-refractivity contribution in [2.45, 2.75) is 32.9 Å². The van der Waals surface area contributed by atoms with Gasteiger partial charge in [-0.3, -0.25) is 4.98 Å². The van der Waals surface area contributed by atoms with Crippen LogP contribution in [-0.2, 0) is 17.7 Å². The number of methoxy groups -OCH3 is 1. The van der Waals surface area contributed by atoms with Crippen LogP contribution in [0.5, 0.6) is 0 Å². The average molecular weight is 222 g/mol. The van der Waals surface area contributed by atoms with Gasteiger partial charge in [0.15, 0.2) is 0 Å². The lowest BCUT2D eigenvalue weighted by Crippen LogP contribution is -2.12. The Kier molecular flexibility index (Phi) is 4.90. The normalized spacial score (nSPS) is 13.1. The van der Waals surface area contributed by atoms with Crippen molar-refractivity contribution in [3.63, 3.8) is 0 Å². The molecule has 0 N–H and O–H groups in total. The van der Waals surface area contributed by atoms with Crippen LogP contribution in [0, 0.1) is 0 Å². The Balaban J connectivity index is 2.97. The third-order valence-corrected chi connectivity index (χ3v) is 2.68. The lowest BCUT2D eigenvalue weighted by molar-refractivity contribution is 0.115. The topological polar surface area (TPSA) is 25.4 Å². The van der Waals surface area contributed by atoms with E-state index in [-0.39, 0.29) is 6.10 Å². The molecule has 3 heteroatoms. The van der Waals surface area contributed by atoms with Gasteiger partial charge in [0.05, 0.1) is 11.8 Å². The number of hydrogen-bond donors (Lipinski definition) is 0. The van der Waals surface area contributed by atoms with Gasteiger partial charge in [0.2, 0.25) is 0 Å². The van der Waals surface area contributed by atoms with Crippen LogP contribution in [0.3, 0.4) is 0 Å². The molecule has 0 fully saturated rings. The van der Waals surface area contributed by atoms with Crippen molar-refractivity contribution < 1.29 is 4.74 Å².